The molecule has 0 amide bonds. The van der Waals surface area contributed by atoms with Crippen molar-refractivity contribution in [2.24, 2.45) is 5.73 Å². The molecular formula is C12H21N3O. The van der Waals surface area contributed by atoms with Gasteiger partial charge in [-0.15, -0.1) is 0 Å². The molecule has 1 aromatic heterocycles. The molecule has 0 aliphatic rings. The van der Waals surface area contributed by atoms with E-state index in [0.717, 1.165) is 31.1 Å². The highest BCUT2D eigenvalue weighted by Crippen LogP contribution is 2.13. The van der Waals surface area contributed by atoms with Gasteiger partial charge in [0.05, 0.1) is 6.61 Å². The monoisotopic (exact) mass is 223 g/mol. The highest BCUT2D eigenvalue weighted by Gasteiger charge is 2.04. The lowest BCUT2D eigenvalue weighted by Gasteiger charge is -2.18. The highest BCUT2D eigenvalue weighted by atomic mass is 16.5. The molecule has 0 saturated carbocycles. The minimum atomic E-state index is 0.0373. The molecule has 0 fully saturated rings. The Labute approximate surface area is 97.4 Å². The van der Waals surface area contributed by atoms with Crippen LogP contribution in [0.2, 0.25) is 0 Å². The van der Waals surface area contributed by atoms with Gasteiger partial charge in [-0.25, -0.2) is 4.98 Å². The largest absolute Gasteiger partial charge is 0.380 e. The summed E-state index contributed by atoms with van der Waals surface area (Å²) >= 11 is 0. The number of pyridine rings is 1. The van der Waals surface area contributed by atoms with E-state index in [4.69, 9.17) is 10.5 Å². The number of hydrogen-bond acceptors (Lipinski definition) is 4. The average Bonchev–Trinajstić information content (AvgIpc) is 2.29. The van der Waals surface area contributed by atoms with Gasteiger partial charge in [0.15, 0.2) is 0 Å². The van der Waals surface area contributed by atoms with Gasteiger partial charge in [-0.3, -0.25) is 0 Å². The van der Waals surface area contributed by atoms with Gasteiger partial charge in [0.25, 0.3) is 0 Å². The number of rotatable bonds is 6. The molecule has 0 unspecified atom stereocenters. The molecule has 0 saturated heterocycles. The Kier molecular flexibility index (Phi) is 5.22. The van der Waals surface area contributed by atoms with Crippen LogP contribution in [0.3, 0.4) is 0 Å². The smallest absolute Gasteiger partial charge is 0.128 e. The van der Waals surface area contributed by atoms with Gasteiger partial charge in [0, 0.05) is 32.4 Å². The number of aromatic nitrogens is 1. The summed E-state index contributed by atoms with van der Waals surface area (Å²) in [5, 5.41) is 0. The third-order valence-electron chi connectivity index (χ3n) is 2.46. The van der Waals surface area contributed by atoms with E-state index in [2.05, 4.69) is 9.88 Å². The fourth-order valence-corrected chi connectivity index (χ4v) is 1.35. The zero-order valence-electron chi connectivity index (χ0n) is 10.3. The average molecular weight is 223 g/mol. The summed E-state index contributed by atoms with van der Waals surface area (Å²) in [5.41, 5.74) is 6.82. The van der Waals surface area contributed by atoms with Gasteiger partial charge in [-0.1, -0.05) is 6.07 Å². The van der Waals surface area contributed by atoms with Crippen molar-refractivity contribution in [2.45, 2.75) is 19.9 Å². The van der Waals surface area contributed by atoms with E-state index in [0.29, 0.717) is 0 Å². The first-order valence-electron chi connectivity index (χ1n) is 5.65. The standard InChI is InChI=1S/C12H21N3O/c1-4-16-8-7-15(3)12-6-5-11(9-14-12)10(2)13/h5-6,9-10H,4,7-8,13H2,1-3H3/t10-/m0/s1. The van der Waals surface area contributed by atoms with Crippen LogP contribution in [-0.4, -0.2) is 31.8 Å². The van der Waals surface area contributed by atoms with Crippen molar-refractivity contribution in [3.05, 3.63) is 23.9 Å². The molecule has 1 atom stereocenters. The molecular weight excluding hydrogens is 202 g/mol. The predicted octanol–water partition coefficient (Wildman–Crippen LogP) is 1.57. The molecule has 0 aliphatic carbocycles. The number of anilines is 1. The maximum absolute atomic E-state index is 5.76. The first kappa shape index (κ1) is 12.9. The summed E-state index contributed by atoms with van der Waals surface area (Å²) in [4.78, 5) is 6.44. The van der Waals surface area contributed by atoms with Crippen LogP contribution < -0.4 is 10.6 Å². The van der Waals surface area contributed by atoms with Gasteiger partial charge < -0.3 is 15.4 Å². The van der Waals surface area contributed by atoms with Crippen molar-refractivity contribution in [3.8, 4) is 0 Å². The molecule has 16 heavy (non-hydrogen) atoms. The summed E-state index contributed by atoms with van der Waals surface area (Å²) < 4.78 is 5.30. The van der Waals surface area contributed by atoms with Crippen molar-refractivity contribution in [1.82, 2.24) is 4.98 Å². The van der Waals surface area contributed by atoms with Crippen LogP contribution in [0.25, 0.3) is 0 Å². The molecule has 90 valence electrons. The summed E-state index contributed by atoms with van der Waals surface area (Å²) in [7, 11) is 2.01. The zero-order chi connectivity index (χ0) is 12.0. The predicted molar refractivity (Wildman–Crippen MR) is 66.6 cm³/mol. The van der Waals surface area contributed by atoms with Crippen molar-refractivity contribution in [1.29, 1.82) is 0 Å². The topological polar surface area (TPSA) is 51.4 Å². The van der Waals surface area contributed by atoms with Gasteiger partial charge >= 0.3 is 0 Å². The van der Waals surface area contributed by atoms with Gasteiger partial charge in [0.2, 0.25) is 0 Å². The number of nitrogens with zero attached hydrogens (tertiary/aromatic N) is 2. The first-order valence-corrected chi connectivity index (χ1v) is 5.65. The van der Waals surface area contributed by atoms with Gasteiger partial charge in [-0.2, -0.15) is 0 Å². The molecule has 0 aromatic carbocycles. The lowest BCUT2D eigenvalue weighted by molar-refractivity contribution is 0.154. The number of hydrogen-bond donors (Lipinski definition) is 1. The van der Waals surface area contributed by atoms with E-state index < -0.39 is 0 Å². The highest BCUT2D eigenvalue weighted by molar-refractivity contribution is 5.38. The van der Waals surface area contributed by atoms with Crippen molar-refractivity contribution < 1.29 is 4.74 Å². The fourth-order valence-electron chi connectivity index (χ4n) is 1.35. The number of likely N-dealkylation sites (N-methyl/N-ethyl adjacent to an activating group) is 1. The molecule has 2 N–H and O–H groups in total. The minimum absolute atomic E-state index is 0.0373. The Morgan fingerprint density at radius 2 is 2.25 bits per heavy atom. The van der Waals surface area contributed by atoms with Crippen LogP contribution in [0.1, 0.15) is 25.5 Å². The van der Waals surface area contributed by atoms with Crippen LogP contribution in [0.4, 0.5) is 5.82 Å². The van der Waals surface area contributed by atoms with E-state index in [1.807, 2.05) is 39.2 Å². The van der Waals surface area contributed by atoms with E-state index in [-0.39, 0.29) is 6.04 Å². The molecule has 4 nitrogen and oxygen atoms in total. The third kappa shape index (κ3) is 3.79. The molecule has 1 rings (SSSR count). The van der Waals surface area contributed by atoms with Gasteiger partial charge in [0.1, 0.15) is 5.82 Å². The summed E-state index contributed by atoms with van der Waals surface area (Å²) in [5.74, 6) is 0.948. The molecule has 0 radical (unpaired) electrons. The van der Waals surface area contributed by atoms with Crippen LogP contribution in [0.5, 0.6) is 0 Å². The summed E-state index contributed by atoms with van der Waals surface area (Å²) in [6.45, 7) is 6.28. The summed E-state index contributed by atoms with van der Waals surface area (Å²) in [6, 6.07) is 4.05. The lowest BCUT2D eigenvalue weighted by atomic mass is 10.1. The lowest BCUT2D eigenvalue weighted by Crippen LogP contribution is -2.23. The second kappa shape index (κ2) is 6.45. The second-order valence-electron chi connectivity index (χ2n) is 3.86. The Morgan fingerprint density at radius 1 is 1.50 bits per heavy atom. The van der Waals surface area contributed by atoms with E-state index in [1.54, 1.807) is 0 Å². The van der Waals surface area contributed by atoms with E-state index in [9.17, 15) is 0 Å². The SMILES string of the molecule is CCOCCN(C)c1ccc([C@H](C)N)cn1. The number of ether oxygens (including phenoxy) is 1. The zero-order valence-corrected chi connectivity index (χ0v) is 10.3. The van der Waals surface area contributed by atoms with Crippen LogP contribution >= 0.6 is 0 Å². The van der Waals surface area contributed by atoms with Crippen molar-refractivity contribution in [2.75, 3.05) is 31.7 Å². The second-order valence-corrected chi connectivity index (χ2v) is 3.86. The van der Waals surface area contributed by atoms with Crippen molar-refractivity contribution >= 4 is 5.82 Å². The quantitative estimate of drug-likeness (QED) is 0.744. The minimum Gasteiger partial charge on any atom is -0.380 e. The summed E-state index contributed by atoms with van der Waals surface area (Å²) in [6.07, 6.45) is 1.83. The Balaban J connectivity index is 2.52. The fraction of sp³-hybridized carbons (Fsp3) is 0.583. The molecule has 1 aromatic rings. The Morgan fingerprint density at radius 3 is 2.75 bits per heavy atom. The van der Waals surface area contributed by atoms with Crippen LogP contribution in [0.15, 0.2) is 18.3 Å². The maximum Gasteiger partial charge on any atom is 0.128 e. The maximum atomic E-state index is 5.76. The number of nitrogens with two attached hydrogens (primary N) is 1. The normalized spacial score (nSPS) is 12.5. The molecule has 4 heteroatoms. The van der Waals surface area contributed by atoms with E-state index in [1.165, 1.54) is 0 Å². The van der Waals surface area contributed by atoms with Crippen molar-refractivity contribution in [3.63, 3.8) is 0 Å². The molecule has 0 spiro atoms. The van der Waals surface area contributed by atoms with E-state index >= 15 is 0 Å². The Hall–Kier alpha value is -1.13. The third-order valence-corrected chi connectivity index (χ3v) is 2.46. The Bertz CT molecular complexity index is 298. The molecule has 1 heterocycles. The van der Waals surface area contributed by atoms with Crippen LogP contribution in [0, 0.1) is 0 Å². The van der Waals surface area contributed by atoms with Gasteiger partial charge in [-0.05, 0) is 25.5 Å². The molecule has 0 bridgehead atoms. The first-order chi connectivity index (χ1) is 7.65. The van der Waals surface area contributed by atoms with Crippen LogP contribution in [-0.2, 0) is 4.74 Å². The molecule has 0 aliphatic heterocycles.